The van der Waals surface area contributed by atoms with E-state index in [1.54, 1.807) is 0 Å². The van der Waals surface area contributed by atoms with Crippen LogP contribution in [0, 0.1) is 0 Å². The minimum absolute atomic E-state index is 0.0772. The van der Waals surface area contributed by atoms with Gasteiger partial charge in [0.05, 0.1) is 10.0 Å². The van der Waals surface area contributed by atoms with Crippen molar-refractivity contribution in [1.29, 1.82) is 0 Å². The summed E-state index contributed by atoms with van der Waals surface area (Å²) in [6.07, 6.45) is 0. The van der Waals surface area contributed by atoms with Gasteiger partial charge in [0.25, 0.3) is 0 Å². The molecule has 4 heteroatoms. The van der Waals surface area contributed by atoms with Crippen molar-refractivity contribution in [3.05, 3.63) is 28.2 Å². The molecule has 2 rings (SSSR count). The van der Waals surface area contributed by atoms with Crippen LogP contribution in [0.15, 0.2) is 18.2 Å². The van der Waals surface area contributed by atoms with E-state index in [0.717, 1.165) is 18.8 Å². The fourth-order valence-electron chi connectivity index (χ4n) is 2.87. The molecule has 0 saturated carbocycles. The first-order valence-corrected chi connectivity index (χ1v) is 6.94. The topological polar surface area (TPSA) is 15.3 Å². The van der Waals surface area contributed by atoms with Crippen molar-refractivity contribution in [3.63, 3.8) is 0 Å². The molecule has 0 unspecified atom stereocenters. The molecular weight excluding hydrogens is 267 g/mol. The fraction of sp³-hybridized carbons (Fsp3) is 0.571. The van der Waals surface area contributed by atoms with Crippen molar-refractivity contribution in [2.45, 2.75) is 38.8 Å². The van der Waals surface area contributed by atoms with Gasteiger partial charge in [-0.2, -0.15) is 0 Å². The first kappa shape index (κ1) is 14.0. The molecule has 0 atom stereocenters. The number of hydrogen-bond acceptors (Lipinski definition) is 2. The Morgan fingerprint density at radius 3 is 2.06 bits per heavy atom. The van der Waals surface area contributed by atoms with E-state index < -0.39 is 0 Å². The molecule has 100 valence electrons. The van der Waals surface area contributed by atoms with Gasteiger partial charge >= 0.3 is 0 Å². The number of rotatable bonds is 1. The Kier molecular flexibility index (Phi) is 3.56. The molecule has 1 fully saturated rings. The largest absolute Gasteiger partial charge is 0.368 e. The van der Waals surface area contributed by atoms with E-state index in [0.29, 0.717) is 10.0 Å². The van der Waals surface area contributed by atoms with Gasteiger partial charge in [-0.3, -0.25) is 0 Å². The SMILES string of the molecule is CC1(C)CN(c2ccc(Cl)c(Cl)c2)CC(C)(C)N1. The maximum absolute atomic E-state index is 6.10. The highest BCUT2D eigenvalue weighted by atomic mass is 35.5. The van der Waals surface area contributed by atoms with E-state index in [1.165, 1.54) is 0 Å². The van der Waals surface area contributed by atoms with Crippen LogP contribution in [0.3, 0.4) is 0 Å². The monoisotopic (exact) mass is 286 g/mol. The van der Waals surface area contributed by atoms with Gasteiger partial charge in [0.15, 0.2) is 0 Å². The zero-order valence-corrected chi connectivity index (χ0v) is 12.9. The zero-order valence-electron chi connectivity index (χ0n) is 11.3. The summed E-state index contributed by atoms with van der Waals surface area (Å²) < 4.78 is 0. The van der Waals surface area contributed by atoms with Crippen molar-refractivity contribution in [1.82, 2.24) is 5.32 Å². The van der Waals surface area contributed by atoms with Gasteiger partial charge in [0.1, 0.15) is 0 Å². The number of nitrogens with one attached hydrogen (secondary N) is 1. The predicted octanol–water partition coefficient (Wildman–Crippen LogP) is 3.96. The average molecular weight is 287 g/mol. The highest BCUT2D eigenvalue weighted by molar-refractivity contribution is 6.42. The molecular formula is C14H20Cl2N2. The molecule has 0 aromatic heterocycles. The van der Waals surface area contributed by atoms with Crippen LogP contribution < -0.4 is 10.2 Å². The van der Waals surface area contributed by atoms with Gasteiger partial charge in [-0.05, 0) is 45.9 Å². The fourth-order valence-corrected chi connectivity index (χ4v) is 3.16. The molecule has 0 radical (unpaired) electrons. The number of piperazine rings is 1. The lowest BCUT2D eigenvalue weighted by atomic mass is 9.91. The molecule has 1 aliphatic heterocycles. The normalized spacial score (nSPS) is 22.0. The lowest BCUT2D eigenvalue weighted by molar-refractivity contribution is 0.226. The van der Waals surface area contributed by atoms with Crippen molar-refractivity contribution >= 4 is 28.9 Å². The third-order valence-corrected chi connectivity index (χ3v) is 3.86. The van der Waals surface area contributed by atoms with Gasteiger partial charge < -0.3 is 10.2 Å². The number of benzene rings is 1. The maximum Gasteiger partial charge on any atom is 0.0612 e. The Balaban J connectivity index is 2.29. The third kappa shape index (κ3) is 3.11. The summed E-state index contributed by atoms with van der Waals surface area (Å²) in [5, 5.41) is 4.88. The van der Waals surface area contributed by atoms with Crippen LogP contribution in [0.5, 0.6) is 0 Å². The average Bonchev–Trinajstić information content (AvgIpc) is 2.17. The molecule has 0 spiro atoms. The molecule has 1 saturated heterocycles. The molecule has 0 bridgehead atoms. The Hall–Kier alpha value is -0.440. The molecule has 0 aliphatic carbocycles. The zero-order chi connectivity index (χ0) is 13.6. The second-order valence-corrected chi connectivity index (χ2v) is 7.16. The summed E-state index contributed by atoms with van der Waals surface area (Å²) in [5.74, 6) is 0. The van der Waals surface area contributed by atoms with E-state index in [1.807, 2.05) is 18.2 Å². The second-order valence-electron chi connectivity index (χ2n) is 6.35. The van der Waals surface area contributed by atoms with Gasteiger partial charge in [-0.25, -0.2) is 0 Å². The number of anilines is 1. The highest BCUT2D eigenvalue weighted by Crippen LogP contribution is 2.31. The van der Waals surface area contributed by atoms with Crippen LogP contribution >= 0.6 is 23.2 Å². The van der Waals surface area contributed by atoms with Gasteiger partial charge in [-0.15, -0.1) is 0 Å². The Morgan fingerprint density at radius 2 is 1.56 bits per heavy atom. The van der Waals surface area contributed by atoms with Crippen molar-refractivity contribution in [3.8, 4) is 0 Å². The number of hydrogen-bond donors (Lipinski definition) is 1. The van der Waals surface area contributed by atoms with E-state index in [-0.39, 0.29) is 11.1 Å². The van der Waals surface area contributed by atoms with Crippen LogP contribution in [0.1, 0.15) is 27.7 Å². The first-order valence-electron chi connectivity index (χ1n) is 6.18. The number of halogens is 2. The molecule has 1 aromatic carbocycles. The third-order valence-electron chi connectivity index (χ3n) is 3.12. The van der Waals surface area contributed by atoms with E-state index in [4.69, 9.17) is 23.2 Å². The minimum atomic E-state index is 0.0772. The van der Waals surface area contributed by atoms with E-state index in [2.05, 4.69) is 37.9 Å². The molecule has 0 amide bonds. The standard InChI is InChI=1S/C14H20Cl2N2/c1-13(2)8-18(9-14(3,4)17-13)10-5-6-11(15)12(16)7-10/h5-7,17H,8-9H2,1-4H3. The molecule has 2 nitrogen and oxygen atoms in total. The van der Waals surface area contributed by atoms with Crippen LogP contribution in [-0.2, 0) is 0 Å². The van der Waals surface area contributed by atoms with Gasteiger partial charge in [0.2, 0.25) is 0 Å². The lowest BCUT2D eigenvalue weighted by Crippen LogP contribution is -2.66. The summed E-state index contributed by atoms with van der Waals surface area (Å²) in [5.41, 5.74) is 1.29. The highest BCUT2D eigenvalue weighted by Gasteiger charge is 2.36. The van der Waals surface area contributed by atoms with E-state index >= 15 is 0 Å². The van der Waals surface area contributed by atoms with E-state index in [9.17, 15) is 0 Å². The molecule has 1 aliphatic rings. The van der Waals surface area contributed by atoms with Crippen LogP contribution in [0.2, 0.25) is 10.0 Å². The molecule has 1 heterocycles. The summed E-state index contributed by atoms with van der Waals surface area (Å²) in [6, 6.07) is 5.84. The Morgan fingerprint density at radius 1 is 1.00 bits per heavy atom. The predicted molar refractivity (Wildman–Crippen MR) is 80.0 cm³/mol. The summed E-state index contributed by atoms with van der Waals surface area (Å²) in [4.78, 5) is 2.36. The second kappa shape index (κ2) is 4.59. The summed E-state index contributed by atoms with van der Waals surface area (Å²) in [7, 11) is 0. The molecule has 18 heavy (non-hydrogen) atoms. The molecule has 1 N–H and O–H groups in total. The van der Waals surface area contributed by atoms with Crippen molar-refractivity contribution in [2.24, 2.45) is 0 Å². The van der Waals surface area contributed by atoms with Crippen molar-refractivity contribution < 1.29 is 0 Å². The summed E-state index contributed by atoms with van der Waals surface area (Å²) >= 11 is 12.1. The Bertz CT molecular complexity index is 439. The molecule has 1 aromatic rings. The van der Waals surface area contributed by atoms with Gasteiger partial charge in [-0.1, -0.05) is 23.2 Å². The maximum atomic E-state index is 6.10. The minimum Gasteiger partial charge on any atom is -0.368 e. The summed E-state index contributed by atoms with van der Waals surface area (Å²) in [6.45, 7) is 10.8. The van der Waals surface area contributed by atoms with Crippen LogP contribution in [0.4, 0.5) is 5.69 Å². The van der Waals surface area contributed by atoms with Crippen LogP contribution in [-0.4, -0.2) is 24.2 Å². The number of nitrogens with zero attached hydrogens (tertiary/aromatic N) is 1. The quantitative estimate of drug-likeness (QED) is 0.841. The smallest absolute Gasteiger partial charge is 0.0612 e. The Labute approximate surface area is 119 Å². The lowest BCUT2D eigenvalue weighted by Gasteiger charge is -2.49. The van der Waals surface area contributed by atoms with Crippen LogP contribution in [0.25, 0.3) is 0 Å². The van der Waals surface area contributed by atoms with Gasteiger partial charge in [0, 0.05) is 29.9 Å². The van der Waals surface area contributed by atoms with Crippen molar-refractivity contribution in [2.75, 3.05) is 18.0 Å². The first-order chi connectivity index (χ1) is 8.19.